The van der Waals surface area contributed by atoms with Gasteiger partial charge in [0.1, 0.15) is 0 Å². The summed E-state index contributed by atoms with van der Waals surface area (Å²) in [5, 5.41) is 6.78. The molecule has 1 aromatic rings. The third-order valence-corrected chi connectivity index (χ3v) is 4.90. The van der Waals surface area contributed by atoms with E-state index in [1.54, 1.807) is 0 Å². The van der Waals surface area contributed by atoms with Crippen LogP contribution in [0.1, 0.15) is 50.2 Å². The molecule has 1 saturated carbocycles. The van der Waals surface area contributed by atoms with Crippen LogP contribution in [0.25, 0.3) is 0 Å². The Morgan fingerprint density at radius 2 is 1.72 bits per heavy atom. The molecule has 1 aliphatic carbocycles. The van der Waals surface area contributed by atoms with Crippen LogP contribution < -0.4 is 10.6 Å². The Kier molecular flexibility index (Phi) is 9.03. The molecule has 1 heterocycles. The summed E-state index contributed by atoms with van der Waals surface area (Å²) >= 11 is 0. The molecule has 4 nitrogen and oxygen atoms in total. The van der Waals surface area contributed by atoms with Crippen LogP contribution in [0.5, 0.6) is 0 Å². The summed E-state index contributed by atoms with van der Waals surface area (Å²) in [7, 11) is 0. The summed E-state index contributed by atoms with van der Waals surface area (Å²) in [6.07, 6.45) is 6.84. The molecule has 0 aromatic heterocycles. The largest absolute Gasteiger partial charge is 0.357 e. The van der Waals surface area contributed by atoms with Crippen LogP contribution in [0.2, 0.25) is 0 Å². The van der Waals surface area contributed by atoms with Crippen LogP contribution in [0.4, 0.5) is 0 Å². The number of nitrogens with zero attached hydrogens (tertiary/aromatic N) is 2. The van der Waals surface area contributed by atoms with Crippen molar-refractivity contribution >= 4 is 29.9 Å². The van der Waals surface area contributed by atoms with Gasteiger partial charge >= 0.3 is 0 Å². The zero-order chi connectivity index (χ0) is 16.6. The predicted octanol–water partition coefficient (Wildman–Crippen LogP) is 3.76. The molecular weight excluding hydrogens is 423 g/mol. The third kappa shape index (κ3) is 7.52. The molecule has 1 saturated heterocycles. The van der Waals surface area contributed by atoms with Gasteiger partial charge in [0.2, 0.25) is 0 Å². The minimum absolute atomic E-state index is 0. The van der Waals surface area contributed by atoms with E-state index in [9.17, 15) is 0 Å². The van der Waals surface area contributed by atoms with Crippen molar-refractivity contribution in [2.24, 2.45) is 10.9 Å². The normalized spacial score (nSPS) is 18.5. The topological polar surface area (TPSA) is 39.7 Å². The third-order valence-electron chi connectivity index (χ3n) is 4.90. The fourth-order valence-electron chi connectivity index (χ4n) is 3.20. The molecule has 1 aromatic carbocycles. The number of hydrogen-bond acceptors (Lipinski definition) is 2. The number of piperidine rings is 1. The summed E-state index contributed by atoms with van der Waals surface area (Å²) in [6.45, 7) is 8.42. The molecule has 0 amide bonds. The number of aliphatic imine (C=N–C) groups is 1. The highest BCUT2D eigenvalue weighted by Crippen LogP contribution is 2.27. The Labute approximate surface area is 169 Å². The van der Waals surface area contributed by atoms with Crippen molar-refractivity contribution in [1.82, 2.24) is 15.5 Å². The second-order valence-electron chi connectivity index (χ2n) is 7.17. The maximum Gasteiger partial charge on any atom is 0.191 e. The molecule has 0 spiro atoms. The molecule has 5 heteroatoms. The van der Waals surface area contributed by atoms with E-state index in [4.69, 9.17) is 4.99 Å². The maximum absolute atomic E-state index is 4.71. The van der Waals surface area contributed by atoms with Gasteiger partial charge in [-0.2, -0.15) is 0 Å². The summed E-state index contributed by atoms with van der Waals surface area (Å²) in [4.78, 5) is 7.28. The van der Waals surface area contributed by atoms with Gasteiger partial charge in [0.15, 0.2) is 5.96 Å². The van der Waals surface area contributed by atoms with Gasteiger partial charge in [0, 0.05) is 19.6 Å². The minimum Gasteiger partial charge on any atom is -0.357 e. The van der Waals surface area contributed by atoms with Gasteiger partial charge in [0.05, 0.1) is 6.54 Å². The highest BCUT2D eigenvalue weighted by molar-refractivity contribution is 14.0. The molecule has 3 rings (SSSR count). The van der Waals surface area contributed by atoms with Crippen LogP contribution in [-0.2, 0) is 13.1 Å². The van der Waals surface area contributed by atoms with Crippen LogP contribution in [-0.4, -0.2) is 37.0 Å². The standard InChI is InChI=1S/C20H32N4.HI/c1-2-21-20(22-14-17-6-7-17)23-15-18-8-10-19(11-9-18)16-24-12-4-3-5-13-24;/h8-11,17H,2-7,12-16H2,1H3,(H2,21,22,23);1H. The molecule has 0 unspecified atom stereocenters. The molecule has 2 fully saturated rings. The molecule has 2 N–H and O–H groups in total. The van der Waals surface area contributed by atoms with Crippen molar-refractivity contribution < 1.29 is 0 Å². The van der Waals surface area contributed by atoms with Gasteiger partial charge < -0.3 is 10.6 Å². The van der Waals surface area contributed by atoms with Crippen LogP contribution in [0.3, 0.4) is 0 Å². The Morgan fingerprint density at radius 1 is 1.04 bits per heavy atom. The Hall–Kier alpha value is -0.820. The molecule has 0 bridgehead atoms. The average Bonchev–Trinajstić information content (AvgIpc) is 3.44. The lowest BCUT2D eigenvalue weighted by Crippen LogP contribution is -2.38. The number of hydrogen-bond donors (Lipinski definition) is 2. The van der Waals surface area contributed by atoms with Crippen molar-refractivity contribution in [1.29, 1.82) is 0 Å². The summed E-state index contributed by atoms with van der Waals surface area (Å²) in [5.74, 6) is 1.81. The fraction of sp³-hybridized carbons (Fsp3) is 0.650. The van der Waals surface area contributed by atoms with Crippen molar-refractivity contribution in [2.45, 2.75) is 52.1 Å². The Morgan fingerprint density at radius 3 is 2.36 bits per heavy atom. The quantitative estimate of drug-likeness (QED) is 0.373. The smallest absolute Gasteiger partial charge is 0.191 e. The van der Waals surface area contributed by atoms with Crippen molar-refractivity contribution in [3.05, 3.63) is 35.4 Å². The van der Waals surface area contributed by atoms with E-state index in [0.717, 1.165) is 38.1 Å². The predicted molar refractivity (Wildman–Crippen MR) is 117 cm³/mol. The highest BCUT2D eigenvalue weighted by Gasteiger charge is 2.21. The van der Waals surface area contributed by atoms with Gasteiger partial charge in [-0.1, -0.05) is 30.7 Å². The zero-order valence-electron chi connectivity index (χ0n) is 15.5. The number of halogens is 1. The van der Waals surface area contributed by atoms with E-state index in [2.05, 4.69) is 46.7 Å². The molecule has 0 radical (unpaired) electrons. The first-order valence-corrected chi connectivity index (χ1v) is 9.66. The van der Waals surface area contributed by atoms with Crippen molar-refractivity contribution in [3.8, 4) is 0 Å². The fourth-order valence-corrected chi connectivity index (χ4v) is 3.20. The van der Waals surface area contributed by atoms with Gasteiger partial charge in [-0.15, -0.1) is 24.0 Å². The lowest BCUT2D eigenvalue weighted by Gasteiger charge is -2.26. The first kappa shape index (κ1) is 20.5. The molecule has 25 heavy (non-hydrogen) atoms. The SMILES string of the molecule is CCNC(=NCc1ccc(CN2CCCCC2)cc1)NCC1CC1.I. The van der Waals surface area contributed by atoms with Crippen molar-refractivity contribution in [2.75, 3.05) is 26.2 Å². The Balaban J connectivity index is 0.00000225. The molecular formula is C20H33IN4. The van der Waals surface area contributed by atoms with E-state index < -0.39 is 0 Å². The summed E-state index contributed by atoms with van der Waals surface area (Å²) in [6, 6.07) is 8.99. The van der Waals surface area contributed by atoms with Gasteiger partial charge in [-0.25, -0.2) is 4.99 Å². The highest BCUT2D eigenvalue weighted by atomic mass is 127. The monoisotopic (exact) mass is 456 g/mol. The minimum atomic E-state index is 0. The number of rotatable bonds is 7. The van der Waals surface area contributed by atoms with E-state index in [0.29, 0.717) is 0 Å². The van der Waals surface area contributed by atoms with E-state index in [1.807, 2.05) is 0 Å². The second kappa shape index (κ2) is 11.0. The van der Waals surface area contributed by atoms with Crippen LogP contribution in [0, 0.1) is 5.92 Å². The number of nitrogens with one attached hydrogen (secondary N) is 2. The van der Waals surface area contributed by atoms with Gasteiger partial charge in [0.25, 0.3) is 0 Å². The summed E-state index contributed by atoms with van der Waals surface area (Å²) in [5.41, 5.74) is 2.70. The number of guanidine groups is 1. The Bertz CT molecular complexity index is 519. The maximum atomic E-state index is 4.71. The first-order chi connectivity index (χ1) is 11.8. The van der Waals surface area contributed by atoms with Crippen molar-refractivity contribution in [3.63, 3.8) is 0 Å². The van der Waals surface area contributed by atoms with E-state index >= 15 is 0 Å². The lowest BCUT2D eigenvalue weighted by atomic mass is 10.1. The lowest BCUT2D eigenvalue weighted by molar-refractivity contribution is 0.221. The van der Waals surface area contributed by atoms with E-state index in [1.165, 1.54) is 56.3 Å². The van der Waals surface area contributed by atoms with Crippen LogP contribution >= 0.6 is 24.0 Å². The molecule has 140 valence electrons. The molecule has 1 aliphatic heterocycles. The summed E-state index contributed by atoms with van der Waals surface area (Å²) < 4.78 is 0. The average molecular weight is 456 g/mol. The first-order valence-electron chi connectivity index (χ1n) is 9.66. The number of likely N-dealkylation sites (tertiary alicyclic amines) is 1. The van der Waals surface area contributed by atoms with Crippen LogP contribution in [0.15, 0.2) is 29.3 Å². The number of benzene rings is 1. The van der Waals surface area contributed by atoms with E-state index in [-0.39, 0.29) is 24.0 Å². The van der Waals surface area contributed by atoms with Gasteiger partial charge in [-0.3, -0.25) is 4.90 Å². The van der Waals surface area contributed by atoms with Gasteiger partial charge in [-0.05, 0) is 62.7 Å². The zero-order valence-corrected chi connectivity index (χ0v) is 17.8. The molecule has 0 atom stereocenters. The second-order valence-corrected chi connectivity index (χ2v) is 7.17. The molecule has 2 aliphatic rings.